The third-order valence-electron chi connectivity index (χ3n) is 3.64. The Balaban J connectivity index is 1.94. The molecule has 0 heterocycles. The smallest absolute Gasteiger partial charge is 0.207 e. The van der Waals surface area contributed by atoms with Crippen molar-refractivity contribution in [3.8, 4) is 0 Å². The van der Waals surface area contributed by atoms with Gasteiger partial charge < -0.3 is 0 Å². The first-order valence-corrected chi connectivity index (χ1v) is 7.25. The number of hydrogen-bond donors (Lipinski definition) is 0. The Bertz CT molecular complexity index is 546. The fourth-order valence-electron chi connectivity index (χ4n) is 2.41. The predicted octanol–water partition coefficient (Wildman–Crippen LogP) is 5.80. The van der Waals surface area contributed by atoms with E-state index >= 15 is 0 Å². The van der Waals surface area contributed by atoms with Crippen molar-refractivity contribution in [1.82, 2.24) is 0 Å². The van der Waals surface area contributed by atoms with Gasteiger partial charge >= 0.3 is 0 Å². The highest BCUT2D eigenvalue weighted by Gasteiger charge is 2.27. The maximum Gasteiger partial charge on any atom is 0.248 e. The van der Waals surface area contributed by atoms with E-state index in [0.717, 1.165) is 29.2 Å². The van der Waals surface area contributed by atoms with Crippen LogP contribution in [0.15, 0.2) is 42.5 Å². The molecule has 0 spiro atoms. The summed E-state index contributed by atoms with van der Waals surface area (Å²) >= 11 is 0. The lowest BCUT2D eigenvalue weighted by atomic mass is 9.99. The Morgan fingerprint density at radius 1 is 0.900 bits per heavy atom. The molecule has 0 nitrogen and oxygen atoms in total. The van der Waals surface area contributed by atoms with Gasteiger partial charge in [-0.15, -0.1) is 0 Å². The molecule has 0 N–H and O–H groups in total. The molecule has 2 aromatic rings. The number of benzene rings is 2. The monoisotopic (exact) mass is 275 g/mol. The summed E-state index contributed by atoms with van der Waals surface area (Å²) in [7, 11) is 0. The molecule has 0 aliphatic carbocycles. The van der Waals surface area contributed by atoms with Crippen LogP contribution in [0, 0.1) is 6.92 Å². The van der Waals surface area contributed by atoms with E-state index in [1.807, 2.05) is 42.5 Å². The zero-order valence-electron chi connectivity index (χ0n) is 11.7. The standard InChI is InChI=1S/C18H21F2/c1-2-3-6-12-18(19,20)13-11-15-9-10-16-7-4-5-8-17(16)14-15/h4-5,7-10,14H,1-3,6,11-13H2. The van der Waals surface area contributed by atoms with E-state index < -0.39 is 5.92 Å². The number of halogens is 2. The predicted molar refractivity (Wildman–Crippen MR) is 81.0 cm³/mol. The maximum absolute atomic E-state index is 13.7. The minimum atomic E-state index is -2.55. The van der Waals surface area contributed by atoms with Gasteiger partial charge in [0, 0.05) is 12.8 Å². The Morgan fingerprint density at radius 3 is 2.40 bits per heavy atom. The Hall–Kier alpha value is -1.44. The van der Waals surface area contributed by atoms with Crippen LogP contribution < -0.4 is 0 Å². The molecular formula is C18H21F2. The molecule has 0 unspecified atom stereocenters. The van der Waals surface area contributed by atoms with Gasteiger partial charge in [0.15, 0.2) is 0 Å². The van der Waals surface area contributed by atoms with E-state index in [-0.39, 0.29) is 12.8 Å². The molecule has 1 radical (unpaired) electrons. The van der Waals surface area contributed by atoms with Crippen molar-refractivity contribution < 1.29 is 8.78 Å². The Morgan fingerprint density at radius 2 is 1.65 bits per heavy atom. The van der Waals surface area contributed by atoms with Crippen LogP contribution in [-0.2, 0) is 6.42 Å². The number of aryl methyl sites for hydroxylation is 1. The van der Waals surface area contributed by atoms with E-state index in [4.69, 9.17) is 0 Å². The minimum Gasteiger partial charge on any atom is -0.207 e. The fraction of sp³-hybridized carbons (Fsp3) is 0.389. The summed E-state index contributed by atoms with van der Waals surface area (Å²) in [6.45, 7) is 3.68. The van der Waals surface area contributed by atoms with Gasteiger partial charge in [-0.25, -0.2) is 8.78 Å². The maximum atomic E-state index is 13.7. The summed E-state index contributed by atoms with van der Waals surface area (Å²) in [5.41, 5.74) is 0.987. The van der Waals surface area contributed by atoms with Crippen molar-refractivity contribution in [3.05, 3.63) is 55.0 Å². The van der Waals surface area contributed by atoms with Crippen molar-refractivity contribution in [1.29, 1.82) is 0 Å². The van der Waals surface area contributed by atoms with E-state index in [9.17, 15) is 8.78 Å². The summed E-state index contributed by atoms with van der Waals surface area (Å²) in [5, 5.41) is 2.27. The number of unbranched alkanes of at least 4 members (excludes halogenated alkanes) is 2. The molecule has 0 amide bonds. The first kappa shape index (κ1) is 15.0. The van der Waals surface area contributed by atoms with Gasteiger partial charge in [-0.2, -0.15) is 0 Å². The third kappa shape index (κ3) is 4.29. The van der Waals surface area contributed by atoms with E-state index in [0.29, 0.717) is 12.8 Å². The summed E-state index contributed by atoms with van der Waals surface area (Å²) in [6, 6.07) is 14.0. The van der Waals surface area contributed by atoms with Gasteiger partial charge in [-0.3, -0.25) is 0 Å². The normalized spacial score (nSPS) is 11.9. The quantitative estimate of drug-likeness (QED) is 0.560. The highest BCUT2D eigenvalue weighted by atomic mass is 19.3. The lowest BCUT2D eigenvalue weighted by molar-refractivity contribution is -0.0179. The second kappa shape index (κ2) is 6.83. The molecule has 2 rings (SSSR count). The van der Waals surface area contributed by atoms with Crippen molar-refractivity contribution >= 4 is 10.8 Å². The second-order valence-corrected chi connectivity index (χ2v) is 5.35. The van der Waals surface area contributed by atoms with Gasteiger partial charge in [0.25, 0.3) is 0 Å². The molecule has 0 aliphatic heterocycles. The summed E-state index contributed by atoms with van der Waals surface area (Å²) in [4.78, 5) is 0. The molecule has 0 atom stereocenters. The number of alkyl halides is 2. The van der Waals surface area contributed by atoms with Gasteiger partial charge in [0.2, 0.25) is 5.92 Å². The van der Waals surface area contributed by atoms with Crippen LogP contribution in [0.25, 0.3) is 10.8 Å². The Labute approximate surface area is 119 Å². The molecule has 0 fully saturated rings. The number of rotatable bonds is 7. The number of fused-ring (bicyclic) bond motifs is 1. The van der Waals surface area contributed by atoms with Crippen molar-refractivity contribution in [3.63, 3.8) is 0 Å². The van der Waals surface area contributed by atoms with Crippen LogP contribution in [0.1, 0.15) is 37.7 Å². The lowest BCUT2D eigenvalue weighted by Gasteiger charge is -2.16. The molecule has 0 saturated carbocycles. The van der Waals surface area contributed by atoms with Crippen LogP contribution in [0.3, 0.4) is 0 Å². The van der Waals surface area contributed by atoms with Crippen LogP contribution in [0.2, 0.25) is 0 Å². The molecule has 0 bridgehead atoms. The average Bonchev–Trinajstić information content (AvgIpc) is 2.45. The van der Waals surface area contributed by atoms with Gasteiger partial charge in [0.1, 0.15) is 0 Å². The summed E-state index contributed by atoms with van der Waals surface area (Å²) in [6.07, 6.45) is 2.43. The van der Waals surface area contributed by atoms with Crippen molar-refractivity contribution in [2.24, 2.45) is 0 Å². The van der Waals surface area contributed by atoms with Gasteiger partial charge in [-0.05, 0) is 29.2 Å². The van der Waals surface area contributed by atoms with Crippen molar-refractivity contribution in [2.45, 2.75) is 44.4 Å². The molecule has 20 heavy (non-hydrogen) atoms. The molecule has 0 saturated heterocycles. The average molecular weight is 275 g/mol. The molecule has 0 aliphatic rings. The van der Waals surface area contributed by atoms with E-state index in [1.54, 1.807) is 0 Å². The highest BCUT2D eigenvalue weighted by molar-refractivity contribution is 5.82. The summed E-state index contributed by atoms with van der Waals surface area (Å²) in [5.74, 6) is -2.55. The zero-order valence-corrected chi connectivity index (χ0v) is 11.7. The largest absolute Gasteiger partial charge is 0.248 e. The fourth-order valence-corrected chi connectivity index (χ4v) is 2.41. The summed E-state index contributed by atoms with van der Waals surface area (Å²) < 4.78 is 27.5. The molecule has 2 aromatic carbocycles. The van der Waals surface area contributed by atoms with E-state index in [1.165, 1.54) is 0 Å². The molecular weight excluding hydrogens is 254 g/mol. The number of hydrogen-bond acceptors (Lipinski definition) is 0. The minimum absolute atomic E-state index is 0.0178. The topological polar surface area (TPSA) is 0 Å². The third-order valence-corrected chi connectivity index (χ3v) is 3.64. The first-order valence-electron chi connectivity index (χ1n) is 7.25. The van der Waals surface area contributed by atoms with Crippen molar-refractivity contribution in [2.75, 3.05) is 0 Å². The van der Waals surface area contributed by atoms with E-state index in [2.05, 4.69) is 6.92 Å². The van der Waals surface area contributed by atoms with Crippen LogP contribution in [0.4, 0.5) is 8.78 Å². The zero-order chi connectivity index (χ0) is 14.4. The van der Waals surface area contributed by atoms with Crippen LogP contribution >= 0.6 is 0 Å². The highest BCUT2D eigenvalue weighted by Crippen LogP contribution is 2.28. The van der Waals surface area contributed by atoms with Gasteiger partial charge in [0.05, 0.1) is 0 Å². The first-order chi connectivity index (χ1) is 9.61. The second-order valence-electron chi connectivity index (χ2n) is 5.35. The molecule has 0 aromatic heterocycles. The lowest BCUT2D eigenvalue weighted by Crippen LogP contribution is -2.16. The Kier molecular flexibility index (Phi) is 5.11. The SMILES string of the molecule is [CH2]CCCCC(F)(F)CCc1ccc2ccccc2c1. The van der Waals surface area contributed by atoms with Crippen LogP contribution in [0.5, 0.6) is 0 Å². The van der Waals surface area contributed by atoms with Crippen LogP contribution in [-0.4, -0.2) is 5.92 Å². The molecule has 107 valence electrons. The molecule has 2 heteroatoms. The van der Waals surface area contributed by atoms with Gasteiger partial charge in [-0.1, -0.05) is 62.2 Å².